The van der Waals surface area contributed by atoms with Gasteiger partial charge >= 0.3 is 0 Å². The number of carbonyl (C=O) groups excluding carboxylic acids is 2. The molecule has 0 aromatic heterocycles. The quantitative estimate of drug-likeness (QED) is 0.773. The summed E-state index contributed by atoms with van der Waals surface area (Å²) in [6.45, 7) is 0.764. The Morgan fingerprint density at radius 2 is 1.89 bits per heavy atom. The SMILES string of the molecule is N#Cc1ccc(NC(=O)CN2CCC[C@@H]2C(=O)Nc2ccc(Cl)cc2Cl)cc1. The molecule has 6 nitrogen and oxygen atoms in total. The fourth-order valence-electron chi connectivity index (χ4n) is 3.13. The van der Waals surface area contributed by atoms with E-state index >= 15 is 0 Å². The van der Waals surface area contributed by atoms with Crippen molar-refractivity contribution >= 4 is 46.4 Å². The van der Waals surface area contributed by atoms with Crippen LogP contribution in [0, 0.1) is 11.3 Å². The second-order valence-electron chi connectivity index (χ2n) is 6.48. The van der Waals surface area contributed by atoms with E-state index in [9.17, 15) is 9.59 Å². The number of rotatable bonds is 5. The summed E-state index contributed by atoms with van der Waals surface area (Å²) in [4.78, 5) is 26.9. The number of anilines is 2. The van der Waals surface area contributed by atoms with E-state index in [-0.39, 0.29) is 18.4 Å². The summed E-state index contributed by atoms with van der Waals surface area (Å²) in [5, 5.41) is 15.3. The van der Waals surface area contributed by atoms with Crippen LogP contribution in [0.4, 0.5) is 11.4 Å². The molecule has 2 amide bonds. The summed E-state index contributed by atoms with van der Waals surface area (Å²) < 4.78 is 0. The first-order chi connectivity index (χ1) is 13.5. The van der Waals surface area contributed by atoms with Crippen molar-refractivity contribution in [3.8, 4) is 6.07 Å². The van der Waals surface area contributed by atoms with Crippen LogP contribution in [-0.2, 0) is 9.59 Å². The zero-order valence-electron chi connectivity index (χ0n) is 14.9. The number of carbonyl (C=O) groups is 2. The van der Waals surface area contributed by atoms with E-state index < -0.39 is 6.04 Å². The molecule has 0 unspecified atom stereocenters. The lowest BCUT2D eigenvalue weighted by molar-refractivity contribution is -0.122. The second kappa shape index (κ2) is 9.07. The van der Waals surface area contributed by atoms with Crippen LogP contribution in [0.5, 0.6) is 0 Å². The van der Waals surface area contributed by atoms with Gasteiger partial charge in [-0.2, -0.15) is 5.26 Å². The summed E-state index contributed by atoms with van der Waals surface area (Å²) in [5.74, 6) is -0.415. The van der Waals surface area contributed by atoms with E-state index in [0.29, 0.717) is 39.9 Å². The smallest absolute Gasteiger partial charge is 0.241 e. The molecule has 144 valence electrons. The Kier molecular flexibility index (Phi) is 6.53. The van der Waals surface area contributed by atoms with E-state index in [4.69, 9.17) is 28.5 Å². The molecule has 2 aromatic rings. The zero-order valence-corrected chi connectivity index (χ0v) is 16.4. The maximum atomic E-state index is 12.7. The highest BCUT2D eigenvalue weighted by Gasteiger charge is 2.32. The highest BCUT2D eigenvalue weighted by Crippen LogP contribution is 2.27. The molecule has 1 atom stereocenters. The van der Waals surface area contributed by atoms with Crippen LogP contribution in [0.15, 0.2) is 42.5 Å². The van der Waals surface area contributed by atoms with Crippen LogP contribution in [0.2, 0.25) is 10.0 Å². The molecule has 0 aliphatic carbocycles. The molecule has 3 rings (SSSR count). The highest BCUT2D eigenvalue weighted by atomic mass is 35.5. The minimum absolute atomic E-state index is 0.104. The van der Waals surface area contributed by atoms with Gasteiger partial charge in [0.25, 0.3) is 0 Å². The molecular formula is C20H18Cl2N4O2. The van der Waals surface area contributed by atoms with Gasteiger partial charge in [-0.25, -0.2) is 0 Å². The van der Waals surface area contributed by atoms with Gasteiger partial charge in [-0.15, -0.1) is 0 Å². The largest absolute Gasteiger partial charge is 0.325 e. The number of likely N-dealkylation sites (tertiary alicyclic amines) is 1. The molecule has 1 aliphatic heterocycles. The lowest BCUT2D eigenvalue weighted by Crippen LogP contribution is -2.43. The Hall–Kier alpha value is -2.59. The lowest BCUT2D eigenvalue weighted by atomic mass is 10.2. The van der Waals surface area contributed by atoms with Crippen molar-refractivity contribution in [1.29, 1.82) is 5.26 Å². The van der Waals surface area contributed by atoms with Crippen molar-refractivity contribution in [2.45, 2.75) is 18.9 Å². The molecule has 8 heteroatoms. The highest BCUT2D eigenvalue weighted by molar-refractivity contribution is 6.36. The van der Waals surface area contributed by atoms with E-state index in [2.05, 4.69) is 10.6 Å². The topological polar surface area (TPSA) is 85.2 Å². The monoisotopic (exact) mass is 416 g/mol. The van der Waals surface area contributed by atoms with Gasteiger partial charge in [0, 0.05) is 10.7 Å². The number of amides is 2. The maximum absolute atomic E-state index is 12.7. The summed E-state index contributed by atoms with van der Waals surface area (Å²) >= 11 is 12.0. The molecule has 0 radical (unpaired) electrons. The molecule has 1 aliphatic rings. The minimum Gasteiger partial charge on any atom is -0.325 e. The van der Waals surface area contributed by atoms with Crippen molar-refractivity contribution in [2.24, 2.45) is 0 Å². The number of nitrogens with zero attached hydrogens (tertiary/aromatic N) is 2. The number of benzene rings is 2. The van der Waals surface area contributed by atoms with Gasteiger partial charge in [-0.05, 0) is 61.9 Å². The lowest BCUT2D eigenvalue weighted by Gasteiger charge is -2.23. The standard InChI is InChI=1S/C20H18Cl2N4O2/c21-14-5-8-17(16(22)10-14)25-20(28)18-2-1-9-26(18)12-19(27)24-15-6-3-13(11-23)4-7-15/h3-8,10,18H,1-2,9,12H2,(H,24,27)(H,25,28)/t18-/m1/s1. The molecule has 2 aromatic carbocycles. The van der Waals surface area contributed by atoms with Crippen molar-refractivity contribution in [1.82, 2.24) is 4.90 Å². The van der Waals surface area contributed by atoms with Crippen molar-refractivity contribution in [3.63, 3.8) is 0 Å². The third-order valence-corrected chi connectivity index (χ3v) is 5.05. The fraction of sp³-hybridized carbons (Fsp3) is 0.250. The van der Waals surface area contributed by atoms with Crippen molar-refractivity contribution in [3.05, 3.63) is 58.1 Å². The molecular weight excluding hydrogens is 399 g/mol. The molecule has 0 bridgehead atoms. The van der Waals surface area contributed by atoms with Gasteiger partial charge in [0.05, 0.1) is 34.9 Å². The number of hydrogen-bond acceptors (Lipinski definition) is 4. The Balaban J connectivity index is 1.59. The van der Waals surface area contributed by atoms with Crippen LogP contribution in [0.25, 0.3) is 0 Å². The third-order valence-electron chi connectivity index (χ3n) is 4.50. The Morgan fingerprint density at radius 3 is 2.57 bits per heavy atom. The van der Waals surface area contributed by atoms with Gasteiger partial charge in [-0.1, -0.05) is 23.2 Å². The van der Waals surface area contributed by atoms with Crippen LogP contribution in [0.1, 0.15) is 18.4 Å². The van der Waals surface area contributed by atoms with Crippen LogP contribution in [-0.4, -0.2) is 35.8 Å². The van der Waals surface area contributed by atoms with Crippen LogP contribution in [0.3, 0.4) is 0 Å². The summed E-state index contributed by atoms with van der Waals surface area (Å²) in [7, 11) is 0. The van der Waals surface area contributed by atoms with E-state index in [1.165, 1.54) is 0 Å². The predicted molar refractivity (Wildman–Crippen MR) is 109 cm³/mol. The zero-order chi connectivity index (χ0) is 20.1. The summed E-state index contributed by atoms with van der Waals surface area (Å²) in [6, 6.07) is 13.1. The second-order valence-corrected chi connectivity index (χ2v) is 7.32. The van der Waals surface area contributed by atoms with Crippen LogP contribution >= 0.6 is 23.2 Å². The van der Waals surface area contributed by atoms with Crippen molar-refractivity contribution < 1.29 is 9.59 Å². The van der Waals surface area contributed by atoms with Gasteiger partial charge in [0.2, 0.25) is 11.8 Å². The molecule has 1 fully saturated rings. The first kappa shape index (κ1) is 20.2. The van der Waals surface area contributed by atoms with Gasteiger partial charge < -0.3 is 10.6 Å². The molecule has 1 heterocycles. The Bertz CT molecular complexity index is 925. The third kappa shape index (κ3) is 5.02. The average Bonchev–Trinajstić information content (AvgIpc) is 3.12. The van der Waals surface area contributed by atoms with Gasteiger partial charge in [-0.3, -0.25) is 14.5 Å². The average molecular weight is 417 g/mol. The minimum atomic E-state index is -0.404. The number of nitriles is 1. The number of hydrogen-bond donors (Lipinski definition) is 2. The predicted octanol–water partition coefficient (Wildman–Crippen LogP) is 3.91. The molecule has 0 saturated carbocycles. The molecule has 28 heavy (non-hydrogen) atoms. The fourth-order valence-corrected chi connectivity index (χ4v) is 3.59. The first-order valence-electron chi connectivity index (χ1n) is 8.76. The van der Waals surface area contributed by atoms with Crippen molar-refractivity contribution in [2.75, 3.05) is 23.7 Å². The molecule has 2 N–H and O–H groups in total. The maximum Gasteiger partial charge on any atom is 0.241 e. The number of halogens is 2. The van der Waals surface area contributed by atoms with Gasteiger partial charge in [0.15, 0.2) is 0 Å². The van der Waals surface area contributed by atoms with E-state index in [1.54, 1.807) is 42.5 Å². The Labute approximate surface area is 173 Å². The number of nitrogens with one attached hydrogen (secondary N) is 2. The Morgan fingerprint density at radius 1 is 1.14 bits per heavy atom. The van der Waals surface area contributed by atoms with Crippen LogP contribution < -0.4 is 10.6 Å². The molecule has 1 saturated heterocycles. The first-order valence-corrected chi connectivity index (χ1v) is 9.52. The molecule has 0 spiro atoms. The van der Waals surface area contributed by atoms with E-state index in [0.717, 1.165) is 6.42 Å². The summed E-state index contributed by atoms with van der Waals surface area (Å²) in [6.07, 6.45) is 1.50. The van der Waals surface area contributed by atoms with E-state index in [1.807, 2.05) is 11.0 Å². The van der Waals surface area contributed by atoms with Gasteiger partial charge in [0.1, 0.15) is 0 Å². The normalized spacial score (nSPS) is 16.4. The summed E-state index contributed by atoms with van der Waals surface area (Å²) in [5.41, 5.74) is 1.62.